The van der Waals surface area contributed by atoms with Crippen molar-refractivity contribution in [2.24, 2.45) is 0 Å². The number of halogens is 1. The Kier molecular flexibility index (Phi) is 3.51. The Balaban J connectivity index is 2.02. The van der Waals surface area contributed by atoms with Crippen molar-refractivity contribution in [3.63, 3.8) is 0 Å². The Morgan fingerprint density at radius 1 is 1.19 bits per heavy atom. The summed E-state index contributed by atoms with van der Waals surface area (Å²) in [6.07, 6.45) is 3.46. The molecule has 0 bridgehead atoms. The van der Waals surface area contributed by atoms with Crippen LogP contribution < -0.4 is 5.32 Å². The van der Waals surface area contributed by atoms with E-state index in [2.05, 4.69) is 50.3 Å². The van der Waals surface area contributed by atoms with E-state index in [0.717, 1.165) is 11.0 Å². The molecule has 0 aliphatic rings. The van der Waals surface area contributed by atoms with Crippen LogP contribution in [-0.4, -0.2) is 9.97 Å². The minimum atomic E-state index is 0.645. The molecule has 1 N–H and O–H groups in total. The van der Waals surface area contributed by atoms with Crippen molar-refractivity contribution in [2.45, 2.75) is 13.5 Å². The number of aromatic nitrogens is 2. The number of benzene rings is 1. The zero-order chi connectivity index (χ0) is 11.4. The molecule has 16 heavy (non-hydrogen) atoms. The first-order valence-electron chi connectivity index (χ1n) is 5.01. The molecule has 4 heteroatoms. The van der Waals surface area contributed by atoms with Gasteiger partial charge in [0.25, 0.3) is 0 Å². The van der Waals surface area contributed by atoms with Gasteiger partial charge in [0.05, 0.1) is 4.47 Å². The highest BCUT2D eigenvalue weighted by Crippen LogP contribution is 2.10. The van der Waals surface area contributed by atoms with Gasteiger partial charge in [-0.1, -0.05) is 24.3 Å². The fourth-order valence-corrected chi connectivity index (χ4v) is 1.59. The predicted molar refractivity (Wildman–Crippen MR) is 68.2 cm³/mol. The van der Waals surface area contributed by atoms with Gasteiger partial charge >= 0.3 is 0 Å². The van der Waals surface area contributed by atoms with Crippen molar-refractivity contribution in [1.29, 1.82) is 0 Å². The van der Waals surface area contributed by atoms with E-state index in [1.165, 1.54) is 11.1 Å². The summed E-state index contributed by atoms with van der Waals surface area (Å²) in [5, 5.41) is 3.19. The third kappa shape index (κ3) is 2.79. The van der Waals surface area contributed by atoms with Crippen LogP contribution in [-0.2, 0) is 6.54 Å². The van der Waals surface area contributed by atoms with Crippen LogP contribution in [0.15, 0.2) is 41.1 Å². The fraction of sp³-hybridized carbons (Fsp3) is 0.167. The maximum Gasteiger partial charge on any atom is 0.222 e. The van der Waals surface area contributed by atoms with Crippen LogP contribution >= 0.6 is 15.9 Å². The summed E-state index contributed by atoms with van der Waals surface area (Å²) < 4.78 is 0.883. The summed E-state index contributed by atoms with van der Waals surface area (Å²) in [6, 6.07) is 8.27. The third-order valence-electron chi connectivity index (χ3n) is 2.32. The number of hydrogen-bond acceptors (Lipinski definition) is 3. The molecule has 0 radical (unpaired) electrons. The summed E-state index contributed by atoms with van der Waals surface area (Å²) in [6.45, 7) is 2.84. The molecular formula is C12H12BrN3. The number of aryl methyl sites for hydroxylation is 1. The zero-order valence-electron chi connectivity index (χ0n) is 8.94. The van der Waals surface area contributed by atoms with Gasteiger partial charge in [0, 0.05) is 18.9 Å². The van der Waals surface area contributed by atoms with Crippen molar-refractivity contribution >= 4 is 21.9 Å². The van der Waals surface area contributed by atoms with Crippen molar-refractivity contribution < 1.29 is 0 Å². The maximum absolute atomic E-state index is 4.15. The van der Waals surface area contributed by atoms with E-state index in [1.807, 2.05) is 12.1 Å². The molecule has 1 aromatic carbocycles. The summed E-state index contributed by atoms with van der Waals surface area (Å²) in [5.41, 5.74) is 2.53. The second-order valence-electron chi connectivity index (χ2n) is 3.50. The van der Waals surface area contributed by atoms with Crippen LogP contribution in [0.3, 0.4) is 0 Å². The van der Waals surface area contributed by atoms with Gasteiger partial charge in [0.1, 0.15) is 0 Å². The molecule has 2 rings (SSSR count). The van der Waals surface area contributed by atoms with Gasteiger partial charge < -0.3 is 5.32 Å². The van der Waals surface area contributed by atoms with E-state index in [-0.39, 0.29) is 0 Å². The second kappa shape index (κ2) is 5.07. The van der Waals surface area contributed by atoms with Gasteiger partial charge in [-0.15, -0.1) is 0 Å². The van der Waals surface area contributed by atoms with Crippen molar-refractivity contribution in [3.8, 4) is 0 Å². The molecule has 0 fully saturated rings. The number of rotatable bonds is 3. The molecule has 0 saturated carbocycles. The quantitative estimate of drug-likeness (QED) is 0.937. The summed E-state index contributed by atoms with van der Waals surface area (Å²) >= 11 is 3.30. The molecule has 82 valence electrons. The molecule has 1 heterocycles. The average molecular weight is 278 g/mol. The van der Waals surface area contributed by atoms with Gasteiger partial charge in [0.15, 0.2) is 0 Å². The van der Waals surface area contributed by atoms with Crippen LogP contribution in [0.25, 0.3) is 0 Å². The number of anilines is 1. The largest absolute Gasteiger partial charge is 0.350 e. The molecule has 0 aliphatic heterocycles. The van der Waals surface area contributed by atoms with Crippen LogP contribution in [0.1, 0.15) is 11.1 Å². The van der Waals surface area contributed by atoms with Crippen molar-refractivity contribution in [2.75, 3.05) is 5.32 Å². The van der Waals surface area contributed by atoms with Crippen molar-refractivity contribution in [3.05, 3.63) is 52.3 Å². The van der Waals surface area contributed by atoms with E-state index in [0.29, 0.717) is 5.95 Å². The lowest BCUT2D eigenvalue weighted by atomic mass is 10.1. The maximum atomic E-state index is 4.15. The summed E-state index contributed by atoms with van der Waals surface area (Å²) in [5.74, 6) is 0.645. The lowest BCUT2D eigenvalue weighted by Gasteiger charge is -2.07. The fourth-order valence-electron chi connectivity index (χ4n) is 1.39. The minimum Gasteiger partial charge on any atom is -0.350 e. The minimum absolute atomic E-state index is 0.645. The Hall–Kier alpha value is -1.42. The van der Waals surface area contributed by atoms with Crippen LogP contribution in [0.5, 0.6) is 0 Å². The molecule has 3 nitrogen and oxygen atoms in total. The highest BCUT2D eigenvalue weighted by Gasteiger charge is 1.98. The third-order valence-corrected chi connectivity index (χ3v) is 2.73. The van der Waals surface area contributed by atoms with Gasteiger partial charge in [-0.2, -0.15) is 0 Å². The van der Waals surface area contributed by atoms with Crippen molar-refractivity contribution in [1.82, 2.24) is 9.97 Å². The van der Waals surface area contributed by atoms with E-state index in [9.17, 15) is 0 Å². The lowest BCUT2D eigenvalue weighted by Crippen LogP contribution is -2.04. The summed E-state index contributed by atoms with van der Waals surface area (Å²) in [7, 11) is 0. The average Bonchev–Trinajstić information content (AvgIpc) is 2.30. The smallest absolute Gasteiger partial charge is 0.222 e. The topological polar surface area (TPSA) is 37.8 Å². The van der Waals surface area contributed by atoms with Crippen LogP contribution in [0.2, 0.25) is 0 Å². The normalized spacial score (nSPS) is 10.1. The monoisotopic (exact) mass is 277 g/mol. The molecule has 0 atom stereocenters. The number of nitrogens with one attached hydrogen (secondary N) is 1. The second-order valence-corrected chi connectivity index (χ2v) is 4.42. The predicted octanol–water partition coefficient (Wildman–Crippen LogP) is 3.16. The first kappa shape index (κ1) is 11.1. The molecule has 0 aliphatic carbocycles. The first-order valence-corrected chi connectivity index (χ1v) is 5.81. The van der Waals surface area contributed by atoms with E-state index in [4.69, 9.17) is 0 Å². The summed E-state index contributed by atoms with van der Waals surface area (Å²) in [4.78, 5) is 8.31. The molecule has 2 aromatic rings. The Morgan fingerprint density at radius 3 is 2.56 bits per heavy atom. The standard InChI is InChI=1S/C12H12BrN3/c1-9-4-2-3-5-10(9)6-14-12-15-7-11(13)8-16-12/h2-5,7-8H,6H2,1H3,(H,14,15,16). The van der Waals surface area contributed by atoms with E-state index < -0.39 is 0 Å². The molecular weight excluding hydrogens is 266 g/mol. The lowest BCUT2D eigenvalue weighted by molar-refractivity contribution is 1.04. The number of hydrogen-bond donors (Lipinski definition) is 1. The SMILES string of the molecule is Cc1ccccc1CNc1ncc(Br)cn1. The molecule has 0 spiro atoms. The Bertz CT molecular complexity index is 468. The molecule has 0 saturated heterocycles. The van der Waals surface area contributed by atoms with E-state index in [1.54, 1.807) is 12.4 Å². The highest BCUT2D eigenvalue weighted by atomic mass is 79.9. The zero-order valence-corrected chi connectivity index (χ0v) is 10.5. The van der Waals surface area contributed by atoms with Crippen LogP contribution in [0.4, 0.5) is 5.95 Å². The first-order chi connectivity index (χ1) is 7.75. The Labute approximate surface area is 103 Å². The highest BCUT2D eigenvalue weighted by molar-refractivity contribution is 9.10. The number of nitrogens with zero attached hydrogens (tertiary/aromatic N) is 2. The molecule has 0 unspecified atom stereocenters. The molecule has 1 aromatic heterocycles. The van der Waals surface area contributed by atoms with Gasteiger partial charge in [-0.25, -0.2) is 9.97 Å². The van der Waals surface area contributed by atoms with Gasteiger partial charge in [-0.05, 0) is 34.0 Å². The van der Waals surface area contributed by atoms with Crippen LogP contribution in [0, 0.1) is 6.92 Å². The van der Waals surface area contributed by atoms with Gasteiger partial charge in [-0.3, -0.25) is 0 Å². The molecule has 0 amide bonds. The Morgan fingerprint density at radius 2 is 1.88 bits per heavy atom. The van der Waals surface area contributed by atoms with Gasteiger partial charge in [0.2, 0.25) is 5.95 Å². The van der Waals surface area contributed by atoms with E-state index >= 15 is 0 Å².